The molecule has 0 fully saturated rings. The number of nitro benzene ring substituents is 1. The van der Waals surface area contributed by atoms with Crippen molar-refractivity contribution in [2.24, 2.45) is 0 Å². The Kier molecular flexibility index (Phi) is 2.59. The van der Waals surface area contributed by atoms with Crippen molar-refractivity contribution in [3.8, 4) is 11.3 Å². The van der Waals surface area contributed by atoms with Gasteiger partial charge in [-0.05, 0) is 19.1 Å². The Balaban J connectivity index is 2.44. The van der Waals surface area contributed by atoms with Crippen LogP contribution in [0.5, 0.6) is 0 Å². The monoisotopic (exact) mass is 215 g/mol. The summed E-state index contributed by atoms with van der Waals surface area (Å²) in [4.78, 5) is 10.2. The van der Waals surface area contributed by atoms with Crippen molar-refractivity contribution in [2.45, 2.75) is 6.92 Å². The van der Waals surface area contributed by atoms with Crippen LogP contribution < -0.4 is 0 Å². The second kappa shape index (κ2) is 4.06. The van der Waals surface area contributed by atoms with Crippen molar-refractivity contribution < 1.29 is 4.92 Å². The molecule has 0 atom stereocenters. The van der Waals surface area contributed by atoms with Gasteiger partial charge in [-0.3, -0.25) is 10.1 Å². The molecule has 0 saturated heterocycles. The molecule has 2 aromatic rings. The summed E-state index contributed by atoms with van der Waals surface area (Å²) < 4.78 is 0. The quantitative estimate of drug-likeness (QED) is 0.569. The predicted molar refractivity (Wildman–Crippen MR) is 58.9 cm³/mol. The van der Waals surface area contributed by atoms with Crippen molar-refractivity contribution in [2.75, 3.05) is 0 Å². The lowest BCUT2D eigenvalue weighted by atomic mass is 10.1. The third-order valence-electron chi connectivity index (χ3n) is 2.15. The van der Waals surface area contributed by atoms with Crippen molar-refractivity contribution in [3.05, 3.63) is 52.2 Å². The smallest absolute Gasteiger partial charge is 0.258 e. The van der Waals surface area contributed by atoms with Crippen LogP contribution in [-0.2, 0) is 0 Å². The van der Waals surface area contributed by atoms with E-state index in [-0.39, 0.29) is 5.69 Å². The van der Waals surface area contributed by atoms with Crippen LogP contribution in [0.25, 0.3) is 11.3 Å². The van der Waals surface area contributed by atoms with Crippen molar-refractivity contribution in [1.82, 2.24) is 10.2 Å². The van der Waals surface area contributed by atoms with Gasteiger partial charge in [-0.1, -0.05) is 12.1 Å². The van der Waals surface area contributed by atoms with E-state index in [4.69, 9.17) is 0 Å². The predicted octanol–water partition coefficient (Wildman–Crippen LogP) is 2.36. The first-order valence-electron chi connectivity index (χ1n) is 4.72. The van der Waals surface area contributed by atoms with Gasteiger partial charge in [0.1, 0.15) is 0 Å². The normalized spacial score (nSPS) is 10.1. The van der Waals surface area contributed by atoms with Gasteiger partial charge in [0, 0.05) is 17.7 Å². The van der Waals surface area contributed by atoms with Crippen LogP contribution in [0.3, 0.4) is 0 Å². The number of hydrogen-bond donors (Lipinski definition) is 0. The summed E-state index contributed by atoms with van der Waals surface area (Å²) in [7, 11) is 0. The number of rotatable bonds is 2. The molecule has 0 unspecified atom stereocenters. The standard InChI is InChI=1S/C11H9N3O2/c1-8-5-6-11(13-12-8)9-3-2-4-10(7-9)14(15)16/h2-7H,1H3. The molecule has 0 saturated carbocycles. The lowest BCUT2D eigenvalue weighted by Crippen LogP contribution is -1.91. The third kappa shape index (κ3) is 2.03. The highest BCUT2D eigenvalue weighted by Crippen LogP contribution is 2.21. The zero-order valence-electron chi connectivity index (χ0n) is 8.62. The molecule has 5 nitrogen and oxygen atoms in total. The highest BCUT2D eigenvalue weighted by molar-refractivity contribution is 5.61. The molecule has 0 aliphatic heterocycles. The van der Waals surface area contributed by atoms with E-state index in [1.54, 1.807) is 18.2 Å². The Labute approximate surface area is 91.9 Å². The number of aryl methyl sites for hydroxylation is 1. The molecule has 0 amide bonds. The molecule has 80 valence electrons. The zero-order valence-corrected chi connectivity index (χ0v) is 8.62. The number of nitro groups is 1. The highest BCUT2D eigenvalue weighted by Gasteiger charge is 2.07. The van der Waals surface area contributed by atoms with Crippen LogP contribution in [-0.4, -0.2) is 15.1 Å². The first-order chi connectivity index (χ1) is 7.66. The fourth-order valence-corrected chi connectivity index (χ4v) is 1.33. The van der Waals surface area contributed by atoms with Gasteiger partial charge in [0.25, 0.3) is 5.69 Å². The second-order valence-electron chi connectivity index (χ2n) is 3.37. The van der Waals surface area contributed by atoms with E-state index in [1.165, 1.54) is 12.1 Å². The Morgan fingerprint density at radius 2 is 2.00 bits per heavy atom. The Hall–Kier alpha value is -2.30. The molecule has 0 spiro atoms. The maximum atomic E-state index is 10.6. The molecule has 0 bridgehead atoms. The van der Waals surface area contributed by atoms with E-state index >= 15 is 0 Å². The summed E-state index contributed by atoms with van der Waals surface area (Å²) in [5, 5.41) is 18.5. The van der Waals surface area contributed by atoms with E-state index < -0.39 is 4.92 Å². The molecule has 0 N–H and O–H groups in total. The molecular formula is C11H9N3O2. The highest BCUT2D eigenvalue weighted by atomic mass is 16.6. The molecule has 1 aromatic heterocycles. The molecule has 0 aliphatic carbocycles. The van der Waals surface area contributed by atoms with Gasteiger partial charge in [0.2, 0.25) is 0 Å². The van der Waals surface area contributed by atoms with Gasteiger partial charge in [-0.15, -0.1) is 0 Å². The minimum Gasteiger partial charge on any atom is -0.258 e. The van der Waals surface area contributed by atoms with Crippen LogP contribution in [0.4, 0.5) is 5.69 Å². The molecule has 0 radical (unpaired) electrons. The van der Waals surface area contributed by atoms with Gasteiger partial charge in [-0.25, -0.2) is 0 Å². The number of hydrogen-bond acceptors (Lipinski definition) is 4. The van der Waals surface area contributed by atoms with E-state index in [9.17, 15) is 10.1 Å². The average Bonchev–Trinajstić information content (AvgIpc) is 2.30. The topological polar surface area (TPSA) is 68.9 Å². The number of non-ortho nitro benzene ring substituents is 1. The maximum absolute atomic E-state index is 10.6. The molecule has 5 heteroatoms. The summed E-state index contributed by atoms with van der Waals surface area (Å²) in [6.07, 6.45) is 0. The summed E-state index contributed by atoms with van der Waals surface area (Å²) in [6.45, 7) is 1.84. The Morgan fingerprint density at radius 1 is 1.19 bits per heavy atom. The zero-order chi connectivity index (χ0) is 11.5. The van der Waals surface area contributed by atoms with Crippen LogP contribution >= 0.6 is 0 Å². The van der Waals surface area contributed by atoms with Crippen molar-refractivity contribution in [3.63, 3.8) is 0 Å². The summed E-state index contributed by atoms with van der Waals surface area (Å²) in [5.41, 5.74) is 2.20. The first-order valence-corrected chi connectivity index (χ1v) is 4.72. The first kappa shape index (κ1) is 10.2. The molecular weight excluding hydrogens is 206 g/mol. The van der Waals surface area contributed by atoms with Gasteiger partial charge in [-0.2, -0.15) is 10.2 Å². The molecule has 0 aliphatic rings. The van der Waals surface area contributed by atoms with E-state index in [1.807, 2.05) is 13.0 Å². The molecule has 1 heterocycles. The third-order valence-corrected chi connectivity index (χ3v) is 2.15. The molecule has 1 aromatic carbocycles. The van der Waals surface area contributed by atoms with E-state index in [0.717, 1.165) is 5.69 Å². The fraction of sp³-hybridized carbons (Fsp3) is 0.0909. The Bertz CT molecular complexity index is 523. The maximum Gasteiger partial charge on any atom is 0.270 e. The average molecular weight is 215 g/mol. The van der Waals surface area contributed by atoms with Gasteiger partial charge < -0.3 is 0 Å². The van der Waals surface area contributed by atoms with Crippen LogP contribution in [0.1, 0.15) is 5.69 Å². The van der Waals surface area contributed by atoms with Crippen molar-refractivity contribution in [1.29, 1.82) is 0 Å². The summed E-state index contributed by atoms with van der Waals surface area (Å²) in [6, 6.07) is 9.95. The van der Waals surface area contributed by atoms with Crippen LogP contribution in [0, 0.1) is 17.0 Å². The number of aromatic nitrogens is 2. The van der Waals surface area contributed by atoms with Gasteiger partial charge in [0.05, 0.1) is 16.3 Å². The number of nitrogens with zero attached hydrogens (tertiary/aromatic N) is 3. The van der Waals surface area contributed by atoms with E-state index in [2.05, 4.69) is 10.2 Å². The number of benzene rings is 1. The second-order valence-corrected chi connectivity index (χ2v) is 3.37. The SMILES string of the molecule is Cc1ccc(-c2cccc([N+](=O)[O-])c2)nn1. The lowest BCUT2D eigenvalue weighted by molar-refractivity contribution is -0.384. The van der Waals surface area contributed by atoms with E-state index in [0.29, 0.717) is 11.3 Å². The minimum absolute atomic E-state index is 0.0554. The summed E-state index contributed by atoms with van der Waals surface area (Å²) >= 11 is 0. The Morgan fingerprint density at radius 3 is 2.62 bits per heavy atom. The fourth-order valence-electron chi connectivity index (χ4n) is 1.33. The van der Waals surface area contributed by atoms with Gasteiger partial charge >= 0.3 is 0 Å². The molecule has 16 heavy (non-hydrogen) atoms. The van der Waals surface area contributed by atoms with Crippen molar-refractivity contribution >= 4 is 5.69 Å². The van der Waals surface area contributed by atoms with Crippen LogP contribution in [0.2, 0.25) is 0 Å². The summed E-state index contributed by atoms with van der Waals surface area (Å²) in [5.74, 6) is 0. The largest absolute Gasteiger partial charge is 0.270 e. The lowest BCUT2D eigenvalue weighted by Gasteiger charge is -1.99. The van der Waals surface area contributed by atoms with Crippen LogP contribution in [0.15, 0.2) is 36.4 Å². The van der Waals surface area contributed by atoms with Gasteiger partial charge in [0.15, 0.2) is 0 Å². The minimum atomic E-state index is -0.425. The molecule has 2 rings (SSSR count).